The Morgan fingerprint density at radius 1 is 1.44 bits per heavy atom. The van der Waals surface area contributed by atoms with Crippen LogP contribution in [0.25, 0.3) is 10.2 Å². The van der Waals surface area contributed by atoms with Crippen molar-refractivity contribution in [2.45, 2.75) is 26.1 Å². The summed E-state index contributed by atoms with van der Waals surface area (Å²) in [6.07, 6.45) is 1.52. The van der Waals surface area contributed by atoms with Gasteiger partial charge in [-0.3, -0.25) is 0 Å². The fourth-order valence-electron chi connectivity index (χ4n) is 2.34. The lowest BCUT2D eigenvalue weighted by Crippen LogP contribution is -2.40. The molecule has 2 aromatic rings. The predicted molar refractivity (Wildman–Crippen MR) is 74.8 cm³/mol. The molecule has 18 heavy (non-hydrogen) atoms. The minimum atomic E-state index is 0.325. The van der Waals surface area contributed by atoms with E-state index >= 15 is 0 Å². The molecule has 0 aliphatic carbocycles. The zero-order chi connectivity index (χ0) is 12.4. The molecule has 0 radical (unpaired) electrons. The molecule has 2 atom stereocenters. The van der Waals surface area contributed by atoms with Gasteiger partial charge in [0.15, 0.2) is 0 Å². The third-order valence-corrected chi connectivity index (χ3v) is 4.53. The molecule has 96 valence electrons. The van der Waals surface area contributed by atoms with Crippen LogP contribution >= 0.6 is 11.3 Å². The third-order valence-electron chi connectivity index (χ3n) is 3.52. The first-order valence-corrected chi connectivity index (χ1v) is 7.31. The fourth-order valence-corrected chi connectivity index (χ4v) is 3.23. The maximum absolute atomic E-state index is 6.00. The van der Waals surface area contributed by atoms with Crippen LogP contribution in [0.4, 0.5) is 0 Å². The van der Waals surface area contributed by atoms with E-state index in [1.165, 1.54) is 11.1 Å². The van der Waals surface area contributed by atoms with Crippen LogP contribution in [-0.2, 0) is 11.3 Å². The van der Waals surface area contributed by atoms with Gasteiger partial charge in [0.1, 0.15) is 5.01 Å². The Balaban J connectivity index is 1.65. The van der Waals surface area contributed by atoms with E-state index in [4.69, 9.17) is 4.74 Å². The molecule has 1 aliphatic heterocycles. The monoisotopic (exact) mass is 262 g/mol. The predicted octanol–water partition coefficient (Wildman–Crippen LogP) is 2.81. The average Bonchev–Trinajstić information content (AvgIpc) is 2.80. The van der Waals surface area contributed by atoms with Crippen LogP contribution in [0.15, 0.2) is 24.3 Å². The lowest BCUT2D eigenvalue weighted by Gasteiger charge is -2.29. The maximum Gasteiger partial charge on any atom is 0.120 e. The molecule has 1 aromatic heterocycles. The number of piperidine rings is 1. The zero-order valence-electron chi connectivity index (χ0n) is 10.6. The van der Waals surface area contributed by atoms with Gasteiger partial charge in [-0.25, -0.2) is 4.98 Å². The largest absolute Gasteiger partial charge is 0.369 e. The number of rotatable bonds is 3. The minimum absolute atomic E-state index is 0.325. The fraction of sp³-hybridized carbons (Fsp3) is 0.500. The number of fused-ring (bicyclic) bond motifs is 1. The van der Waals surface area contributed by atoms with E-state index in [9.17, 15) is 0 Å². The standard InChI is InChI=1S/C14H18N2OS/c1-10-6-7-15-8-12(10)17-9-14-16-11-4-2-3-5-13(11)18-14/h2-5,10,12,15H,6-9H2,1H3. The van der Waals surface area contributed by atoms with Crippen molar-refractivity contribution in [3.8, 4) is 0 Å². The van der Waals surface area contributed by atoms with Gasteiger partial charge in [0.2, 0.25) is 0 Å². The van der Waals surface area contributed by atoms with Gasteiger partial charge in [-0.2, -0.15) is 0 Å². The molecule has 1 aromatic carbocycles. The van der Waals surface area contributed by atoms with Crippen molar-refractivity contribution in [3.05, 3.63) is 29.3 Å². The van der Waals surface area contributed by atoms with E-state index in [0.717, 1.165) is 23.6 Å². The number of benzene rings is 1. The van der Waals surface area contributed by atoms with Gasteiger partial charge in [-0.15, -0.1) is 11.3 Å². The molecule has 1 saturated heterocycles. The molecular weight excluding hydrogens is 244 g/mol. The molecule has 0 amide bonds. The number of aromatic nitrogens is 1. The SMILES string of the molecule is CC1CCNCC1OCc1nc2ccccc2s1. The van der Waals surface area contributed by atoms with E-state index in [1.807, 2.05) is 6.07 Å². The molecule has 0 saturated carbocycles. The number of nitrogens with zero attached hydrogens (tertiary/aromatic N) is 1. The topological polar surface area (TPSA) is 34.1 Å². The first kappa shape index (κ1) is 12.1. The van der Waals surface area contributed by atoms with E-state index in [-0.39, 0.29) is 0 Å². The number of hydrogen-bond acceptors (Lipinski definition) is 4. The molecule has 1 N–H and O–H groups in total. The molecule has 1 aliphatic rings. The number of nitrogens with one attached hydrogen (secondary N) is 1. The Bertz CT molecular complexity index is 492. The van der Waals surface area contributed by atoms with Gasteiger partial charge in [0.05, 0.1) is 22.9 Å². The van der Waals surface area contributed by atoms with Gasteiger partial charge < -0.3 is 10.1 Å². The van der Waals surface area contributed by atoms with Crippen LogP contribution in [-0.4, -0.2) is 24.2 Å². The second-order valence-electron chi connectivity index (χ2n) is 4.89. The average molecular weight is 262 g/mol. The summed E-state index contributed by atoms with van der Waals surface area (Å²) in [4.78, 5) is 4.60. The summed E-state index contributed by atoms with van der Waals surface area (Å²) in [5, 5.41) is 4.46. The Morgan fingerprint density at radius 2 is 2.33 bits per heavy atom. The second-order valence-corrected chi connectivity index (χ2v) is 6.01. The van der Waals surface area contributed by atoms with Crippen LogP contribution in [0.3, 0.4) is 0 Å². The number of thiazole rings is 1. The molecule has 1 fully saturated rings. The van der Waals surface area contributed by atoms with Gasteiger partial charge >= 0.3 is 0 Å². The molecule has 3 rings (SSSR count). The van der Waals surface area contributed by atoms with Crippen LogP contribution in [0.2, 0.25) is 0 Å². The minimum Gasteiger partial charge on any atom is -0.369 e. The molecular formula is C14H18N2OS. The summed E-state index contributed by atoms with van der Waals surface area (Å²) in [6.45, 7) is 4.98. The molecule has 2 unspecified atom stereocenters. The van der Waals surface area contributed by atoms with E-state index in [2.05, 4.69) is 35.4 Å². The highest BCUT2D eigenvalue weighted by Gasteiger charge is 2.21. The number of ether oxygens (including phenoxy) is 1. The molecule has 4 heteroatoms. The highest BCUT2D eigenvalue weighted by Crippen LogP contribution is 2.23. The summed E-state index contributed by atoms with van der Waals surface area (Å²) in [5.74, 6) is 0.639. The first-order valence-electron chi connectivity index (χ1n) is 6.50. The van der Waals surface area contributed by atoms with Crippen LogP contribution in [0.1, 0.15) is 18.4 Å². The van der Waals surface area contributed by atoms with Crippen LogP contribution in [0, 0.1) is 5.92 Å². The summed E-state index contributed by atoms with van der Waals surface area (Å²) < 4.78 is 7.24. The second kappa shape index (κ2) is 5.34. The van der Waals surface area contributed by atoms with Crippen molar-refractivity contribution in [2.24, 2.45) is 5.92 Å². The Hall–Kier alpha value is -0.970. The van der Waals surface area contributed by atoms with Crippen molar-refractivity contribution in [3.63, 3.8) is 0 Å². The molecule has 0 bridgehead atoms. The molecule has 0 spiro atoms. The van der Waals surface area contributed by atoms with Crippen LogP contribution in [0.5, 0.6) is 0 Å². The van der Waals surface area contributed by atoms with Crippen molar-refractivity contribution in [1.82, 2.24) is 10.3 Å². The molecule has 3 nitrogen and oxygen atoms in total. The Labute approximate surface area is 111 Å². The van der Waals surface area contributed by atoms with E-state index in [0.29, 0.717) is 18.6 Å². The number of para-hydroxylation sites is 1. The summed E-state index contributed by atoms with van der Waals surface area (Å²) >= 11 is 1.73. The van der Waals surface area contributed by atoms with Gasteiger partial charge in [0, 0.05) is 6.54 Å². The zero-order valence-corrected chi connectivity index (χ0v) is 11.4. The summed E-state index contributed by atoms with van der Waals surface area (Å²) in [6, 6.07) is 8.25. The lowest BCUT2D eigenvalue weighted by atomic mass is 9.97. The van der Waals surface area contributed by atoms with Gasteiger partial charge in [0.25, 0.3) is 0 Å². The highest BCUT2D eigenvalue weighted by molar-refractivity contribution is 7.18. The van der Waals surface area contributed by atoms with Crippen molar-refractivity contribution >= 4 is 21.6 Å². The van der Waals surface area contributed by atoms with Gasteiger partial charge in [-0.1, -0.05) is 19.1 Å². The highest BCUT2D eigenvalue weighted by atomic mass is 32.1. The van der Waals surface area contributed by atoms with Crippen molar-refractivity contribution in [1.29, 1.82) is 0 Å². The Morgan fingerprint density at radius 3 is 3.17 bits per heavy atom. The normalized spacial score (nSPS) is 24.5. The van der Waals surface area contributed by atoms with Crippen LogP contribution < -0.4 is 5.32 Å². The third kappa shape index (κ3) is 2.55. The van der Waals surface area contributed by atoms with E-state index in [1.54, 1.807) is 11.3 Å². The Kier molecular flexibility index (Phi) is 3.59. The maximum atomic E-state index is 6.00. The summed E-state index contributed by atoms with van der Waals surface area (Å²) in [5.41, 5.74) is 1.08. The lowest BCUT2D eigenvalue weighted by molar-refractivity contribution is -0.00657. The summed E-state index contributed by atoms with van der Waals surface area (Å²) in [7, 11) is 0. The van der Waals surface area contributed by atoms with Gasteiger partial charge in [-0.05, 0) is 31.0 Å². The number of hydrogen-bond donors (Lipinski definition) is 1. The van der Waals surface area contributed by atoms with Crippen molar-refractivity contribution in [2.75, 3.05) is 13.1 Å². The van der Waals surface area contributed by atoms with E-state index < -0.39 is 0 Å². The molecule has 2 heterocycles. The van der Waals surface area contributed by atoms with Crippen molar-refractivity contribution < 1.29 is 4.74 Å². The first-order chi connectivity index (χ1) is 8.83. The smallest absolute Gasteiger partial charge is 0.120 e. The quantitative estimate of drug-likeness (QED) is 0.923.